The average Bonchev–Trinajstić information content (AvgIpc) is 3.88. The number of para-hydroxylation sites is 4. The molecule has 0 radical (unpaired) electrons. The minimum atomic E-state index is 0.555. The molecule has 0 aliphatic heterocycles. The van der Waals surface area contributed by atoms with Gasteiger partial charge in [-0.25, -0.2) is 4.98 Å². The van der Waals surface area contributed by atoms with Crippen molar-refractivity contribution in [2.24, 2.45) is 0 Å². The van der Waals surface area contributed by atoms with Gasteiger partial charge in [0.25, 0.3) is 0 Å². The Morgan fingerprint density at radius 1 is 0.377 bits per heavy atom. The first-order valence-electron chi connectivity index (χ1n) is 20.4. The van der Waals surface area contributed by atoms with Gasteiger partial charge in [0.05, 0.1) is 11.0 Å². The largest absolute Gasteiger partial charge is 0.456 e. The SMILES string of the molecule is c1ccc(N(c2ccccc2)c2ccc(-c3ccc4c(c3)oc3cccc(-c5nc(-c6ccc7ccccc7c6)nc(-n6c7ccccc7c7ccccc76)n5)c34)cc2)cc1. The van der Waals surface area contributed by atoms with E-state index < -0.39 is 0 Å². The molecule has 0 atom stereocenters. The molecule has 0 aliphatic rings. The van der Waals surface area contributed by atoms with Crippen molar-refractivity contribution in [3.8, 4) is 39.9 Å². The van der Waals surface area contributed by atoms with Crippen molar-refractivity contribution in [3.05, 3.63) is 212 Å². The molecule has 0 spiro atoms. The molecule has 0 bridgehead atoms. The van der Waals surface area contributed by atoms with Crippen molar-refractivity contribution in [2.45, 2.75) is 0 Å². The van der Waals surface area contributed by atoms with E-state index in [0.717, 1.165) is 93.8 Å². The zero-order valence-corrected chi connectivity index (χ0v) is 32.9. The maximum atomic E-state index is 6.65. The van der Waals surface area contributed by atoms with Gasteiger partial charge in [-0.15, -0.1) is 0 Å². The highest BCUT2D eigenvalue weighted by atomic mass is 16.3. The molecule has 0 N–H and O–H groups in total. The van der Waals surface area contributed by atoms with Gasteiger partial charge in [-0.2, -0.15) is 9.97 Å². The molecule has 61 heavy (non-hydrogen) atoms. The monoisotopic (exact) mass is 781 g/mol. The third-order valence-corrected chi connectivity index (χ3v) is 11.6. The summed E-state index contributed by atoms with van der Waals surface area (Å²) in [5.74, 6) is 1.73. The summed E-state index contributed by atoms with van der Waals surface area (Å²) in [5, 5.41) is 6.53. The van der Waals surface area contributed by atoms with Crippen molar-refractivity contribution in [1.82, 2.24) is 19.5 Å². The highest BCUT2D eigenvalue weighted by Gasteiger charge is 2.21. The van der Waals surface area contributed by atoms with E-state index in [9.17, 15) is 0 Å². The summed E-state index contributed by atoms with van der Waals surface area (Å²) in [6.45, 7) is 0. The molecule has 12 aromatic rings. The molecule has 0 saturated carbocycles. The minimum Gasteiger partial charge on any atom is -0.456 e. The van der Waals surface area contributed by atoms with E-state index in [1.54, 1.807) is 0 Å². The van der Waals surface area contributed by atoms with Crippen molar-refractivity contribution >= 4 is 71.6 Å². The summed E-state index contributed by atoms with van der Waals surface area (Å²) in [7, 11) is 0. The van der Waals surface area contributed by atoms with Crippen LogP contribution in [0, 0.1) is 0 Å². The van der Waals surface area contributed by atoms with E-state index >= 15 is 0 Å². The highest BCUT2D eigenvalue weighted by molar-refractivity contribution is 6.13. The lowest BCUT2D eigenvalue weighted by atomic mass is 10.0. The van der Waals surface area contributed by atoms with Gasteiger partial charge >= 0.3 is 0 Å². The second kappa shape index (κ2) is 14.2. The number of hydrogen-bond acceptors (Lipinski definition) is 5. The molecule has 3 heterocycles. The van der Waals surface area contributed by atoms with Crippen LogP contribution in [0.3, 0.4) is 0 Å². The molecular formula is C55H35N5O. The van der Waals surface area contributed by atoms with Crippen LogP contribution in [-0.2, 0) is 0 Å². The molecule has 0 aliphatic carbocycles. The van der Waals surface area contributed by atoms with Gasteiger partial charge in [-0.05, 0) is 94.7 Å². The van der Waals surface area contributed by atoms with Gasteiger partial charge in [0.2, 0.25) is 5.95 Å². The summed E-state index contributed by atoms with van der Waals surface area (Å²) in [6.07, 6.45) is 0. The molecule has 6 heteroatoms. The maximum absolute atomic E-state index is 6.65. The third kappa shape index (κ3) is 5.92. The van der Waals surface area contributed by atoms with Gasteiger partial charge in [0.15, 0.2) is 11.6 Å². The first kappa shape index (κ1) is 34.7. The number of rotatable bonds is 7. The Hall–Kier alpha value is -8.35. The van der Waals surface area contributed by atoms with Crippen molar-refractivity contribution in [2.75, 3.05) is 4.90 Å². The predicted octanol–water partition coefficient (Wildman–Crippen LogP) is 14.5. The molecule has 286 valence electrons. The number of hydrogen-bond donors (Lipinski definition) is 0. The lowest BCUT2D eigenvalue weighted by Gasteiger charge is -2.25. The molecule has 0 amide bonds. The summed E-state index contributed by atoms with van der Waals surface area (Å²) < 4.78 is 8.81. The van der Waals surface area contributed by atoms with Crippen LogP contribution < -0.4 is 4.90 Å². The fourth-order valence-electron chi connectivity index (χ4n) is 8.78. The molecular weight excluding hydrogens is 747 g/mol. The first-order chi connectivity index (χ1) is 30.2. The predicted molar refractivity (Wildman–Crippen MR) is 250 cm³/mol. The van der Waals surface area contributed by atoms with Gasteiger partial charge in [0.1, 0.15) is 11.2 Å². The van der Waals surface area contributed by atoms with Crippen LogP contribution in [0.1, 0.15) is 0 Å². The van der Waals surface area contributed by atoms with E-state index in [2.05, 4.69) is 198 Å². The fraction of sp³-hybridized carbons (Fsp3) is 0. The molecule has 9 aromatic carbocycles. The van der Waals surface area contributed by atoms with Crippen LogP contribution >= 0.6 is 0 Å². The maximum Gasteiger partial charge on any atom is 0.238 e. The summed E-state index contributed by atoms with van der Waals surface area (Å²) >= 11 is 0. The van der Waals surface area contributed by atoms with E-state index in [1.807, 2.05) is 24.3 Å². The Kier molecular flexibility index (Phi) is 8.06. The van der Waals surface area contributed by atoms with Crippen molar-refractivity contribution < 1.29 is 4.42 Å². The Morgan fingerprint density at radius 2 is 0.967 bits per heavy atom. The van der Waals surface area contributed by atoms with Crippen LogP contribution in [0.5, 0.6) is 0 Å². The van der Waals surface area contributed by atoms with E-state index in [-0.39, 0.29) is 0 Å². The second-order valence-corrected chi connectivity index (χ2v) is 15.3. The Morgan fingerprint density at radius 3 is 1.69 bits per heavy atom. The zero-order chi connectivity index (χ0) is 40.3. The normalized spacial score (nSPS) is 11.6. The Balaban J connectivity index is 0.994. The van der Waals surface area contributed by atoms with E-state index in [0.29, 0.717) is 17.6 Å². The van der Waals surface area contributed by atoms with Gasteiger partial charge in [0, 0.05) is 49.7 Å². The summed E-state index contributed by atoms with van der Waals surface area (Å²) in [5.41, 5.74) is 10.9. The molecule has 0 fully saturated rings. The zero-order valence-electron chi connectivity index (χ0n) is 32.9. The van der Waals surface area contributed by atoms with E-state index in [4.69, 9.17) is 19.4 Å². The van der Waals surface area contributed by atoms with Gasteiger partial charge < -0.3 is 9.32 Å². The van der Waals surface area contributed by atoms with Gasteiger partial charge in [-0.1, -0.05) is 140 Å². The standard InChI is InChI=1S/C55H35N5O/c1-3-16-41(17-4-1)59(42-18-5-2-6-19-42)43-31-28-37(29-32-43)39-30-33-46-51(35-39)61-50-25-13-22-47(52(46)50)54-56-53(40-27-26-36-14-7-8-15-38(36)34-40)57-55(58-54)60-48-23-11-9-20-44(48)45-21-10-12-24-49(45)60/h1-35H. The molecule has 0 unspecified atom stereocenters. The van der Waals surface area contributed by atoms with Crippen LogP contribution in [0.25, 0.3) is 94.4 Å². The molecule has 6 nitrogen and oxygen atoms in total. The molecule has 3 aromatic heterocycles. The summed E-state index contributed by atoms with van der Waals surface area (Å²) in [4.78, 5) is 18.0. The highest BCUT2D eigenvalue weighted by Crippen LogP contribution is 2.40. The number of benzene rings is 9. The number of fused-ring (bicyclic) bond motifs is 7. The van der Waals surface area contributed by atoms with Crippen LogP contribution in [-0.4, -0.2) is 19.5 Å². The minimum absolute atomic E-state index is 0.555. The molecule has 0 saturated heterocycles. The Bertz CT molecular complexity index is 3500. The second-order valence-electron chi connectivity index (χ2n) is 15.3. The fourth-order valence-corrected chi connectivity index (χ4v) is 8.78. The lowest BCUT2D eigenvalue weighted by Crippen LogP contribution is -2.09. The third-order valence-electron chi connectivity index (χ3n) is 11.6. The van der Waals surface area contributed by atoms with Crippen LogP contribution in [0.2, 0.25) is 0 Å². The number of aromatic nitrogens is 4. The summed E-state index contributed by atoms with van der Waals surface area (Å²) in [6, 6.07) is 73.9. The van der Waals surface area contributed by atoms with Gasteiger partial charge in [-0.3, -0.25) is 4.57 Å². The topological polar surface area (TPSA) is 60.0 Å². The lowest BCUT2D eigenvalue weighted by molar-refractivity contribution is 0.669. The van der Waals surface area contributed by atoms with Crippen molar-refractivity contribution in [1.29, 1.82) is 0 Å². The number of anilines is 3. The van der Waals surface area contributed by atoms with Crippen molar-refractivity contribution in [3.63, 3.8) is 0 Å². The van der Waals surface area contributed by atoms with Crippen LogP contribution in [0.4, 0.5) is 17.1 Å². The average molecular weight is 782 g/mol. The number of furan rings is 1. The number of nitrogens with zero attached hydrogens (tertiary/aromatic N) is 5. The van der Waals surface area contributed by atoms with E-state index in [1.165, 1.54) is 0 Å². The quantitative estimate of drug-likeness (QED) is 0.161. The van der Waals surface area contributed by atoms with Crippen LogP contribution in [0.15, 0.2) is 217 Å². The Labute approximate surface area is 351 Å². The smallest absolute Gasteiger partial charge is 0.238 e. The first-order valence-corrected chi connectivity index (χ1v) is 20.4. The molecule has 12 rings (SSSR count).